The van der Waals surface area contributed by atoms with Gasteiger partial charge in [-0.05, 0) is 18.6 Å². The lowest BCUT2D eigenvalue weighted by Crippen LogP contribution is -2.34. The highest BCUT2D eigenvalue weighted by Crippen LogP contribution is 2.32. The number of carbonyl (C=O) groups excluding carboxylic acids is 2. The van der Waals surface area contributed by atoms with Crippen molar-refractivity contribution in [2.45, 2.75) is 32.4 Å². The monoisotopic (exact) mass is 331 g/mol. The number of benzene rings is 1. The summed E-state index contributed by atoms with van der Waals surface area (Å²) in [5, 5.41) is 0. The van der Waals surface area contributed by atoms with Crippen molar-refractivity contribution in [3.05, 3.63) is 35.4 Å². The van der Waals surface area contributed by atoms with Crippen LogP contribution < -0.4 is 0 Å². The number of ether oxygens (including phenoxy) is 1. The van der Waals surface area contributed by atoms with Crippen LogP contribution in [0.2, 0.25) is 0 Å². The minimum absolute atomic E-state index is 0.244. The number of esters is 1. The maximum atomic E-state index is 12.9. The molecule has 1 aromatic rings. The SMILES string of the molecule is CCCCCOC(=O)CN(C)C(=O)c1ccccc1C(F)(F)F. The van der Waals surface area contributed by atoms with Gasteiger partial charge in [-0.1, -0.05) is 31.9 Å². The van der Waals surface area contributed by atoms with E-state index in [1.807, 2.05) is 6.92 Å². The molecule has 0 fully saturated rings. The zero-order valence-corrected chi connectivity index (χ0v) is 13.2. The quantitative estimate of drug-likeness (QED) is 0.567. The van der Waals surface area contributed by atoms with E-state index >= 15 is 0 Å². The van der Waals surface area contributed by atoms with E-state index in [1.54, 1.807) is 0 Å². The lowest BCUT2D eigenvalue weighted by atomic mass is 10.1. The Hall–Kier alpha value is -2.05. The van der Waals surface area contributed by atoms with Crippen LogP contribution in [0.1, 0.15) is 42.1 Å². The highest BCUT2D eigenvalue weighted by atomic mass is 19.4. The third-order valence-electron chi connectivity index (χ3n) is 3.19. The Morgan fingerprint density at radius 1 is 1.17 bits per heavy atom. The summed E-state index contributed by atoms with van der Waals surface area (Å²) in [6.45, 7) is 1.86. The highest BCUT2D eigenvalue weighted by molar-refractivity contribution is 5.97. The van der Waals surface area contributed by atoms with Gasteiger partial charge < -0.3 is 9.64 Å². The summed E-state index contributed by atoms with van der Waals surface area (Å²) >= 11 is 0. The molecule has 0 saturated heterocycles. The molecule has 0 bridgehead atoms. The van der Waals surface area contributed by atoms with Gasteiger partial charge in [0, 0.05) is 7.05 Å². The molecule has 0 radical (unpaired) electrons. The molecular weight excluding hydrogens is 311 g/mol. The fourth-order valence-corrected chi connectivity index (χ4v) is 1.97. The lowest BCUT2D eigenvalue weighted by molar-refractivity contribution is -0.144. The van der Waals surface area contributed by atoms with E-state index in [0.717, 1.165) is 36.3 Å². The van der Waals surface area contributed by atoms with Crippen LogP contribution in [0.5, 0.6) is 0 Å². The summed E-state index contributed by atoms with van der Waals surface area (Å²) in [4.78, 5) is 24.7. The van der Waals surface area contributed by atoms with E-state index in [2.05, 4.69) is 0 Å². The van der Waals surface area contributed by atoms with E-state index in [4.69, 9.17) is 4.74 Å². The third-order valence-corrected chi connectivity index (χ3v) is 3.19. The molecule has 0 aliphatic heterocycles. The number of nitrogens with zero attached hydrogens (tertiary/aromatic N) is 1. The average molecular weight is 331 g/mol. The number of hydrogen-bond donors (Lipinski definition) is 0. The second-order valence-corrected chi connectivity index (χ2v) is 5.13. The molecule has 1 rings (SSSR count). The minimum Gasteiger partial charge on any atom is -0.464 e. The van der Waals surface area contributed by atoms with Gasteiger partial charge in [0.25, 0.3) is 5.91 Å². The van der Waals surface area contributed by atoms with Crippen LogP contribution in [0.25, 0.3) is 0 Å². The summed E-state index contributed by atoms with van der Waals surface area (Å²) in [7, 11) is 1.27. The number of alkyl halides is 3. The Balaban J connectivity index is 2.69. The van der Waals surface area contributed by atoms with E-state index in [0.29, 0.717) is 0 Å². The predicted molar refractivity (Wildman–Crippen MR) is 78.9 cm³/mol. The Kier molecular flexibility index (Phi) is 7.06. The van der Waals surface area contributed by atoms with Crippen LogP contribution in [0.3, 0.4) is 0 Å². The lowest BCUT2D eigenvalue weighted by Gasteiger charge is -2.19. The zero-order chi connectivity index (χ0) is 17.5. The summed E-state index contributed by atoms with van der Waals surface area (Å²) in [5.74, 6) is -1.51. The number of amides is 1. The van der Waals surface area contributed by atoms with Gasteiger partial charge in [-0.25, -0.2) is 0 Å². The van der Waals surface area contributed by atoms with Gasteiger partial charge in [0.15, 0.2) is 0 Å². The third kappa shape index (κ3) is 5.92. The van der Waals surface area contributed by atoms with Crippen molar-refractivity contribution >= 4 is 11.9 Å². The van der Waals surface area contributed by atoms with Crippen LogP contribution in [-0.4, -0.2) is 37.0 Å². The highest BCUT2D eigenvalue weighted by Gasteiger charge is 2.35. The first-order chi connectivity index (χ1) is 10.8. The summed E-state index contributed by atoms with van der Waals surface area (Å²) in [5.41, 5.74) is -1.51. The summed E-state index contributed by atoms with van der Waals surface area (Å²) in [6.07, 6.45) is -2.02. The molecule has 0 heterocycles. The molecule has 0 aromatic heterocycles. The van der Waals surface area contributed by atoms with Crippen LogP contribution in [-0.2, 0) is 15.7 Å². The molecule has 7 heteroatoms. The van der Waals surface area contributed by atoms with Crippen molar-refractivity contribution in [1.29, 1.82) is 0 Å². The van der Waals surface area contributed by atoms with Gasteiger partial charge in [0.1, 0.15) is 6.54 Å². The van der Waals surface area contributed by atoms with E-state index in [1.165, 1.54) is 19.2 Å². The molecule has 0 atom stereocenters. The Morgan fingerprint density at radius 3 is 2.43 bits per heavy atom. The number of unbranched alkanes of at least 4 members (excludes halogenated alkanes) is 2. The van der Waals surface area contributed by atoms with Gasteiger partial charge in [-0.2, -0.15) is 13.2 Å². The molecule has 0 N–H and O–H groups in total. The first-order valence-corrected chi connectivity index (χ1v) is 7.34. The fraction of sp³-hybridized carbons (Fsp3) is 0.500. The van der Waals surface area contributed by atoms with Crippen molar-refractivity contribution in [1.82, 2.24) is 4.90 Å². The van der Waals surface area contributed by atoms with Crippen LogP contribution in [0, 0.1) is 0 Å². The minimum atomic E-state index is -4.63. The number of halogens is 3. The van der Waals surface area contributed by atoms with E-state index < -0.39 is 35.7 Å². The maximum Gasteiger partial charge on any atom is 0.417 e. The Morgan fingerprint density at radius 2 is 1.83 bits per heavy atom. The van der Waals surface area contributed by atoms with E-state index in [-0.39, 0.29) is 6.61 Å². The van der Waals surface area contributed by atoms with Crippen LogP contribution in [0.4, 0.5) is 13.2 Å². The number of rotatable bonds is 7. The zero-order valence-electron chi connectivity index (χ0n) is 13.2. The maximum absolute atomic E-state index is 12.9. The molecule has 0 spiro atoms. The number of hydrogen-bond acceptors (Lipinski definition) is 3. The van der Waals surface area contributed by atoms with Gasteiger partial charge in [-0.15, -0.1) is 0 Å². The number of likely N-dealkylation sites (N-methyl/N-ethyl adjacent to an activating group) is 1. The van der Waals surface area contributed by atoms with Crippen molar-refractivity contribution < 1.29 is 27.5 Å². The standard InChI is InChI=1S/C16H20F3NO3/c1-3-4-7-10-23-14(21)11-20(2)15(22)12-8-5-6-9-13(12)16(17,18)19/h5-6,8-9H,3-4,7,10-11H2,1-2H3. The smallest absolute Gasteiger partial charge is 0.417 e. The molecule has 23 heavy (non-hydrogen) atoms. The first-order valence-electron chi connectivity index (χ1n) is 7.34. The normalized spacial score (nSPS) is 11.2. The molecule has 4 nitrogen and oxygen atoms in total. The summed E-state index contributed by atoms with van der Waals surface area (Å²) < 4.78 is 43.7. The Bertz CT molecular complexity index is 544. The Labute approximate surface area is 133 Å². The van der Waals surface area contributed by atoms with Crippen molar-refractivity contribution in [3.63, 3.8) is 0 Å². The predicted octanol–water partition coefficient (Wildman–Crippen LogP) is 3.51. The van der Waals surface area contributed by atoms with Crippen molar-refractivity contribution in [3.8, 4) is 0 Å². The van der Waals surface area contributed by atoms with Gasteiger partial charge >= 0.3 is 12.1 Å². The fourth-order valence-electron chi connectivity index (χ4n) is 1.97. The van der Waals surface area contributed by atoms with E-state index in [9.17, 15) is 22.8 Å². The average Bonchev–Trinajstić information content (AvgIpc) is 2.50. The topological polar surface area (TPSA) is 46.6 Å². The molecule has 1 aromatic carbocycles. The molecule has 0 aliphatic rings. The molecule has 0 saturated carbocycles. The molecule has 128 valence electrons. The summed E-state index contributed by atoms with van der Waals surface area (Å²) in [6, 6.07) is 4.49. The molecule has 0 unspecified atom stereocenters. The van der Waals surface area contributed by atoms with Crippen LogP contribution >= 0.6 is 0 Å². The second-order valence-electron chi connectivity index (χ2n) is 5.13. The van der Waals surface area contributed by atoms with Gasteiger partial charge in [0.2, 0.25) is 0 Å². The van der Waals surface area contributed by atoms with Crippen molar-refractivity contribution in [2.75, 3.05) is 20.2 Å². The molecule has 1 amide bonds. The first kappa shape index (κ1) is 19.0. The van der Waals surface area contributed by atoms with Gasteiger partial charge in [-0.3, -0.25) is 9.59 Å². The second kappa shape index (κ2) is 8.55. The molecule has 0 aliphatic carbocycles. The number of carbonyl (C=O) groups is 2. The van der Waals surface area contributed by atoms with Crippen molar-refractivity contribution in [2.24, 2.45) is 0 Å². The van der Waals surface area contributed by atoms with Crippen LogP contribution in [0.15, 0.2) is 24.3 Å². The largest absolute Gasteiger partial charge is 0.464 e. The van der Waals surface area contributed by atoms with Gasteiger partial charge in [0.05, 0.1) is 17.7 Å². The molecular formula is C16H20F3NO3.